The van der Waals surface area contributed by atoms with Crippen LogP contribution in [-0.4, -0.2) is 28.4 Å². The first-order valence-corrected chi connectivity index (χ1v) is 12.2. The molecule has 0 bridgehead atoms. The Balaban J connectivity index is 1.89. The predicted octanol–water partition coefficient (Wildman–Crippen LogP) is 6.15. The lowest BCUT2D eigenvalue weighted by Crippen LogP contribution is -2.10. The Morgan fingerprint density at radius 3 is 2.85 bits per heavy atom. The van der Waals surface area contributed by atoms with E-state index in [1.54, 1.807) is 35.1 Å². The highest BCUT2D eigenvalue weighted by atomic mass is 35.5. The van der Waals surface area contributed by atoms with Crippen molar-refractivity contribution in [3.8, 4) is 11.8 Å². The van der Waals surface area contributed by atoms with Crippen molar-refractivity contribution in [1.29, 1.82) is 5.26 Å². The van der Waals surface area contributed by atoms with Crippen molar-refractivity contribution in [2.75, 3.05) is 23.1 Å². The molecule has 2 aromatic carbocycles. The molecule has 34 heavy (non-hydrogen) atoms. The van der Waals surface area contributed by atoms with Gasteiger partial charge >= 0.3 is 0 Å². The summed E-state index contributed by atoms with van der Waals surface area (Å²) >= 11 is 7.22. The minimum absolute atomic E-state index is 0.232. The maximum absolute atomic E-state index is 12.4. The fourth-order valence-electron chi connectivity index (χ4n) is 3.63. The number of aromatic nitrogens is 2. The van der Waals surface area contributed by atoms with Crippen LogP contribution in [0.25, 0.3) is 21.1 Å². The zero-order valence-corrected chi connectivity index (χ0v) is 20.3. The molecule has 172 valence electrons. The van der Waals surface area contributed by atoms with E-state index in [1.807, 2.05) is 32.0 Å². The van der Waals surface area contributed by atoms with Crippen LogP contribution < -0.4 is 15.4 Å². The van der Waals surface area contributed by atoms with E-state index in [-0.39, 0.29) is 11.8 Å². The minimum atomic E-state index is -0.330. The summed E-state index contributed by atoms with van der Waals surface area (Å²) in [5.74, 6) is 0.399. The monoisotopic (exact) mass is 491 g/mol. The molecule has 0 aliphatic heterocycles. The van der Waals surface area contributed by atoms with Gasteiger partial charge in [-0.3, -0.25) is 9.78 Å². The second-order valence-corrected chi connectivity index (χ2v) is 8.47. The standard InChI is InChI=1S/C25H22ClN5O2S/c1-3-18-17(13-27)25(29-15-7-8-23-21(10-15)28-14-34-23)16-11-20(31-24(32)6-5-9-26)22(33-4-2)12-19(16)30-18/h5-8,10-12,14H,3-4,9H2,1-2H3,(H,29,30)(H,31,32)/b6-5+. The summed E-state index contributed by atoms with van der Waals surface area (Å²) in [5.41, 5.74) is 6.36. The number of hydrogen-bond acceptors (Lipinski definition) is 7. The van der Waals surface area contributed by atoms with Crippen molar-refractivity contribution < 1.29 is 9.53 Å². The van der Waals surface area contributed by atoms with Gasteiger partial charge in [0.15, 0.2) is 0 Å². The fourth-order valence-corrected chi connectivity index (χ4v) is 4.37. The molecular formula is C25H22ClN5O2S. The van der Waals surface area contributed by atoms with Crippen molar-refractivity contribution >= 4 is 67.0 Å². The molecule has 0 aliphatic carbocycles. The average molecular weight is 492 g/mol. The summed E-state index contributed by atoms with van der Waals surface area (Å²) in [6.45, 7) is 4.25. The van der Waals surface area contributed by atoms with E-state index in [9.17, 15) is 10.1 Å². The molecule has 1 amide bonds. The average Bonchev–Trinajstić information content (AvgIpc) is 3.31. The van der Waals surface area contributed by atoms with E-state index in [1.165, 1.54) is 6.08 Å². The van der Waals surface area contributed by atoms with E-state index >= 15 is 0 Å². The summed E-state index contributed by atoms with van der Waals surface area (Å²) in [6, 6.07) is 11.8. The van der Waals surface area contributed by atoms with Gasteiger partial charge in [0.25, 0.3) is 0 Å². The molecular weight excluding hydrogens is 470 g/mol. The highest BCUT2D eigenvalue weighted by Crippen LogP contribution is 2.38. The Bertz CT molecular complexity index is 1440. The zero-order chi connectivity index (χ0) is 24.1. The molecule has 0 radical (unpaired) electrons. The fraction of sp³-hybridized carbons (Fsp3) is 0.200. The first-order chi connectivity index (χ1) is 16.6. The molecule has 0 atom stereocenters. The second kappa shape index (κ2) is 10.5. The smallest absolute Gasteiger partial charge is 0.248 e. The van der Waals surface area contributed by atoms with Crippen molar-refractivity contribution in [3.05, 3.63) is 59.3 Å². The van der Waals surface area contributed by atoms with Crippen LogP contribution in [-0.2, 0) is 11.2 Å². The van der Waals surface area contributed by atoms with Crippen LogP contribution in [0, 0.1) is 11.3 Å². The number of nitriles is 1. The van der Waals surface area contributed by atoms with Crippen molar-refractivity contribution in [2.45, 2.75) is 20.3 Å². The van der Waals surface area contributed by atoms with Gasteiger partial charge in [0, 0.05) is 29.1 Å². The van der Waals surface area contributed by atoms with Crippen molar-refractivity contribution in [2.24, 2.45) is 0 Å². The van der Waals surface area contributed by atoms with E-state index < -0.39 is 0 Å². The number of thiazole rings is 1. The number of aryl methyl sites for hydroxylation is 1. The number of halogens is 1. The lowest BCUT2D eigenvalue weighted by atomic mass is 10.0. The van der Waals surface area contributed by atoms with E-state index in [0.717, 1.165) is 15.9 Å². The molecule has 2 N–H and O–H groups in total. The van der Waals surface area contributed by atoms with Crippen LogP contribution in [0.2, 0.25) is 0 Å². The molecule has 7 nitrogen and oxygen atoms in total. The molecule has 0 saturated heterocycles. The summed E-state index contributed by atoms with van der Waals surface area (Å²) in [5, 5.41) is 16.9. The third-order valence-corrected chi connectivity index (χ3v) is 6.11. The first kappa shape index (κ1) is 23.5. The van der Waals surface area contributed by atoms with Gasteiger partial charge in [-0.2, -0.15) is 5.26 Å². The van der Waals surface area contributed by atoms with Crippen molar-refractivity contribution in [1.82, 2.24) is 9.97 Å². The van der Waals surface area contributed by atoms with E-state index in [4.69, 9.17) is 21.3 Å². The molecule has 0 aliphatic rings. The van der Waals surface area contributed by atoms with E-state index in [2.05, 4.69) is 21.7 Å². The molecule has 0 fully saturated rings. The topological polar surface area (TPSA) is 99.9 Å². The molecule has 9 heteroatoms. The van der Waals surface area contributed by atoms with Gasteiger partial charge < -0.3 is 15.4 Å². The predicted molar refractivity (Wildman–Crippen MR) is 138 cm³/mol. The number of alkyl halides is 1. The number of nitrogens with one attached hydrogen (secondary N) is 2. The number of ether oxygens (including phenoxy) is 1. The third-order valence-electron chi connectivity index (χ3n) is 5.12. The number of benzene rings is 2. The largest absolute Gasteiger partial charge is 0.492 e. The van der Waals surface area contributed by atoms with Gasteiger partial charge in [-0.15, -0.1) is 22.9 Å². The molecule has 2 aromatic heterocycles. The highest BCUT2D eigenvalue weighted by Gasteiger charge is 2.18. The first-order valence-electron chi connectivity index (χ1n) is 10.7. The summed E-state index contributed by atoms with van der Waals surface area (Å²) < 4.78 is 6.86. The Morgan fingerprint density at radius 1 is 1.26 bits per heavy atom. The van der Waals surface area contributed by atoms with Gasteiger partial charge in [0.05, 0.1) is 50.5 Å². The van der Waals surface area contributed by atoms with Crippen LogP contribution in [0.5, 0.6) is 5.75 Å². The molecule has 0 spiro atoms. The molecule has 0 saturated carbocycles. The van der Waals surface area contributed by atoms with Crippen LogP contribution in [0.3, 0.4) is 0 Å². The molecule has 4 rings (SSSR count). The Hall–Kier alpha value is -3.67. The highest BCUT2D eigenvalue weighted by molar-refractivity contribution is 7.16. The quantitative estimate of drug-likeness (QED) is 0.226. The number of carbonyl (C=O) groups excluding carboxylic acids is 1. The number of carbonyl (C=O) groups is 1. The lowest BCUT2D eigenvalue weighted by Gasteiger charge is -2.17. The van der Waals surface area contributed by atoms with Crippen LogP contribution in [0.15, 0.2) is 48.0 Å². The van der Waals surface area contributed by atoms with Gasteiger partial charge in [0.1, 0.15) is 11.8 Å². The Labute approximate surface area is 206 Å². The Kier molecular flexibility index (Phi) is 7.26. The lowest BCUT2D eigenvalue weighted by molar-refractivity contribution is -0.111. The Morgan fingerprint density at radius 2 is 2.12 bits per heavy atom. The third kappa shape index (κ3) is 4.81. The zero-order valence-electron chi connectivity index (χ0n) is 18.7. The van der Waals surface area contributed by atoms with Gasteiger partial charge in [-0.05, 0) is 37.6 Å². The maximum atomic E-state index is 12.4. The molecule has 4 aromatic rings. The SMILES string of the molecule is CCOc1cc2nc(CC)c(C#N)c(Nc3ccc4scnc4c3)c2cc1NC(=O)/C=C/CCl. The van der Waals surface area contributed by atoms with Gasteiger partial charge in [-0.25, -0.2) is 4.98 Å². The van der Waals surface area contributed by atoms with Gasteiger partial charge in [0.2, 0.25) is 5.91 Å². The van der Waals surface area contributed by atoms with Crippen molar-refractivity contribution in [3.63, 3.8) is 0 Å². The molecule has 2 heterocycles. The number of pyridine rings is 1. The maximum Gasteiger partial charge on any atom is 0.248 e. The summed E-state index contributed by atoms with van der Waals surface area (Å²) in [4.78, 5) is 21.5. The normalized spacial score (nSPS) is 11.1. The number of allylic oxidation sites excluding steroid dienone is 1. The van der Waals surface area contributed by atoms with Gasteiger partial charge in [-0.1, -0.05) is 13.0 Å². The van der Waals surface area contributed by atoms with Crippen LogP contribution >= 0.6 is 22.9 Å². The summed E-state index contributed by atoms with van der Waals surface area (Å²) in [7, 11) is 0. The number of rotatable bonds is 8. The van der Waals surface area contributed by atoms with E-state index in [0.29, 0.717) is 52.3 Å². The number of amides is 1. The summed E-state index contributed by atoms with van der Waals surface area (Å²) in [6.07, 6.45) is 3.52. The number of nitrogens with zero attached hydrogens (tertiary/aromatic N) is 3. The van der Waals surface area contributed by atoms with Crippen LogP contribution in [0.1, 0.15) is 25.1 Å². The van der Waals surface area contributed by atoms with Crippen LogP contribution in [0.4, 0.5) is 17.1 Å². The number of fused-ring (bicyclic) bond motifs is 2. The second-order valence-electron chi connectivity index (χ2n) is 7.28. The number of anilines is 3. The number of hydrogen-bond donors (Lipinski definition) is 2. The minimum Gasteiger partial charge on any atom is -0.492 e. The molecule has 0 unspecified atom stereocenters.